The zero-order chi connectivity index (χ0) is 18.8. The van der Waals surface area contributed by atoms with Gasteiger partial charge in [-0.3, -0.25) is 0 Å². The van der Waals surface area contributed by atoms with E-state index in [1.807, 2.05) is 24.3 Å². The fourth-order valence-electron chi connectivity index (χ4n) is 3.60. The first-order valence-electron chi connectivity index (χ1n) is 9.09. The molecule has 27 heavy (non-hydrogen) atoms. The number of hydrogen-bond acceptors (Lipinski definition) is 2. The van der Waals surface area contributed by atoms with Crippen LogP contribution in [0, 0.1) is 6.92 Å². The number of aryl methyl sites for hydroxylation is 1. The number of methoxy groups -OCH3 is 1. The first-order chi connectivity index (χ1) is 13.2. The van der Waals surface area contributed by atoms with Gasteiger partial charge in [0, 0.05) is 36.7 Å². The second kappa shape index (κ2) is 7.45. The molecule has 138 valence electrons. The smallest absolute Gasteiger partial charge is 0.174 e. The summed E-state index contributed by atoms with van der Waals surface area (Å²) in [6.45, 7) is 3.89. The minimum Gasteiger partial charge on any atom is -0.497 e. The number of ether oxygens (including phenoxy) is 1. The average Bonchev–Trinajstić information content (AvgIpc) is 3.17. The molecule has 2 aromatic carbocycles. The summed E-state index contributed by atoms with van der Waals surface area (Å²) < 4.78 is 7.63. The highest BCUT2D eigenvalue weighted by Crippen LogP contribution is 2.33. The van der Waals surface area contributed by atoms with Gasteiger partial charge < -0.3 is 19.5 Å². The Kier molecular flexibility index (Phi) is 4.86. The summed E-state index contributed by atoms with van der Waals surface area (Å²) in [5.41, 5.74) is 4.70. The van der Waals surface area contributed by atoms with Gasteiger partial charge in [-0.15, -0.1) is 0 Å². The van der Waals surface area contributed by atoms with Crippen LogP contribution in [-0.2, 0) is 6.54 Å². The van der Waals surface area contributed by atoms with Gasteiger partial charge in [-0.2, -0.15) is 0 Å². The molecule has 0 fully saturated rings. The van der Waals surface area contributed by atoms with Gasteiger partial charge in [0.15, 0.2) is 5.11 Å². The van der Waals surface area contributed by atoms with Crippen molar-refractivity contribution in [2.75, 3.05) is 19.0 Å². The Bertz CT molecular complexity index is 948. The lowest BCUT2D eigenvalue weighted by Gasteiger charge is -2.39. The quantitative estimate of drug-likeness (QED) is 0.675. The topological polar surface area (TPSA) is 29.4 Å². The Labute approximate surface area is 165 Å². The molecule has 1 atom stereocenters. The van der Waals surface area contributed by atoms with Gasteiger partial charge in [0.2, 0.25) is 0 Å². The fraction of sp³-hybridized carbons (Fsp3) is 0.227. The van der Waals surface area contributed by atoms with Crippen molar-refractivity contribution in [1.29, 1.82) is 0 Å². The first-order valence-corrected chi connectivity index (χ1v) is 9.50. The van der Waals surface area contributed by atoms with Crippen molar-refractivity contribution in [3.05, 3.63) is 83.7 Å². The minimum atomic E-state index is 0.0972. The van der Waals surface area contributed by atoms with E-state index in [2.05, 4.69) is 64.3 Å². The van der Waals surface area contributed by atoms with Crippen molar-refractivity contribution in [1.82, 2.24) is 9.47 Å². The highest BCUT2D eigenvalue weighted by molar-refractivity contribution is 7.80. The minimum absolute atomic E-state index is 0.0972. The maximum Gasteiger partial charge on any atom is 0.174 e. The summed E-state index contributed by atoms with van der Waals surface area (Å²) in [4.78, 5) is 2.27. The maximum atomic E-state index is 5.81. The zero-order valence-corrected chi connectivity index (χ0v) is 16.4. The number of benzene rings is 2. The highest BCUT2D eigenvalue weighted by atomic mass is 32.1. The third kappa shape index (κ3) is 3.55. The van der Waals surface area contributed by atoms with Crippen LogP contribution in [0.4, 0.5) is 5.69 Å². The van der Waals surface area contributed by atoms with E-state index >= 15 is 0 Å². The molecular formula is C22H23N3OS. The van der Waals surface area contributed by atoms with Crippen molar-refractivity contribution >= 4 is 23.0 Å². The Hall–Kier alpha value is -2.79. The standard InChI is InChI=1S/C22H23N3OS/c1-16-8-10-17(11-9-16)21-20-7-4-12-24(20)13-14-25(21)22(27)23-18-5-3-6-19(15-18)26-2/h3-12,15,21H,13-14H2,1-2H3,(H,23,27). The summed E-state index contributed by atoms with van der Waals surface area (Å²) >= 11 is 5.81. The summed E-state index contributed by atoms with van der Waals surface area (Å²) in [7, 11) is 1.67. The predicted molar refractivity (Wildman–Crippen MR) is 113 cm³/mol. The first kappa shape index (κ1) is 17.6. The van der Waals surface area contributed by atoms with Crippen LogP contribution in [0.5, 0.6) is 5.75 Å². The summed E-state index contributed by atoms with van der Waals surface area (Å²) in [6, 6.07) is 21.0. The molecule has 0 amide bonds. The molecular weight excluding hydrogens is 354 g/mol. The van der Waals surface area contributed by atoms with Crippen LogP contribution in [-0.4, -0.2) is 28.2 Å². The van der Waals surface area contributed by atoms with Crippen LogP contribution < -0.4 is 10.1 Å². The second-order valence-corrected chi connectivity index (χ2v) is 7.18. The fourth-order valence-corrected chi connectivity index (χ4v) is 3.91. The lowest BCUT2D eigenvalue weighted by molar-refractivity contribution is 0.293. The number of aromatic nitrogens is 1. The van der Waals surface area contributed by atoms with Crippen LogP contribution in [0.15, 0.2) is 66.9 Å². The number of hydrogen-bond donors (Lipinski definition) is 1. The van der Waals surface area contributed by atoms with Crippen LogP contribution >= 0.6 is 12.2 Å². The van der Waals surface area contributed by atoms with Crippen molar-refractivity contribution in [3.8, 4) is 5.75 Å². The Morgan fingerprint density at radius 3 is 2.67 bits per heavy atom. The molecule has 5 heteroatoms. The molecule has 1 aliphatic heterocycles. The SMILES string of the molecule is COc1cccc(NC(=S)N2CCn3cccc3C2c2ccc(C)cc2)c1. The molecule has 1 aromatic heterocycles. The number of fused-ring (bicyclic) bond motifs is 1. The number of nitrogens with one attached hydrogen (secondary N) is 1. The summed E-state index contributed by atoms with van der Waals surface area (Å²) in [5, 5.41) is 4.11. The van der Waals surface area contributed by atoms with Gasteiger partial charge in [0.05, 0.1) is 13.2 Å². The normalized spacial score (nSPS) is 15.9. The lowest BCUT2D eigenvalue weighted by Crippen LogP contribution is -2.44. The largest absolute Gasteiger partial charge is 0.497 e. The molecule has 0 bridgehead atoms. The number of thiocarbonyl (C=S) groups is 1. The third-order valence-corrected chi connectivity index (χ3v) is 5.35. The van der Waals surface area contributed by atoms with Gasteiger partial charge in [-0.05, 0) is 49.0 Å². The molecule has 4 rings (SSSR count). The lowest BCUT2D eigenvalue weighted by atomic mass is 9.99. The molecule has 1 aliphatic rings. The van der Waals surface area contributed by atoms with Crippen molar-refractivity contribution < 1.29 is 4.74 Å². The molecule has 0 spiro atoms. The van der Waals surface area contributed by atoms with Gasteiger partial charge in [-0.1, -0.05) is 35.9 Å². The molecule has 1 N–H and O–H groups in total. The molecule has 3 aromatic rings. The van der Waals surface area contributed by atoms with Crippen molar-refractivity contribution in [2.45, 2.75) is 19.5 Å². The van der Waals surface area contributed by atoms with Crippen LogP contribution in [0.25, 0.3) is 0 Å². The Balaban J connectivity index is 1.65. The van der Waals surface area contributed by atoms with E-state index in [-0.39, 0.29) is 6.04 Å². The van der Waals surface area contributed by atoms with E-state index in [1.54, 1.807) is 7.11 Å². The molecule has 0 aliphatic carbocycles. The number of anilines is 1. The molecule has 0 radical (unpaired) electrons. The van der Waals surface area contributed by atoms with E-state index in [0.717, 1.165) is 29.6 Å². The van der Waals surface area contributed by atoms with E-state index in [1.165, 1.54) is 16.8 Å². The number of rotatable bonds is 3. The molecule has 2 heterocycles. The average molecular weight is 378 g/mol. The van der Waals surface area contributed by atoms with Gasteiger partial charge in [0.25, 0.3) is 0 Å². The number of nitrogens with zero attached hydrogens (tertiary/aromatic N) is 2. The highest BCUT2D eigenvalue weighted by Gasteiger charge is 2.30. The molecule has 0 saturated heterocycles. The Morgan fingerprint density at radius 1 is 1.07 bits per heavy atom. The summed E-state index contributed by atoms with van der Waals surface area (Å²) in [5.74, 6) is 0.811. The Morgan fingerprint density at radius 2 is 1.89 bits per heavy atom. The van der Waals surface area contributed by atoms with Gasteiger partial charge in [-0.25, -0.2) is 0 Å². The van der Waals surface area contributed by atoms with Crippen molar-refractivity contribution in [3.63, 3.8) is 0 Å². The predicted octanol–water partition coefficient (Wildman–Crippen LogP) is 4.61. The van der Waals surface area contributed by atoms with E-state index in [9.17, 15) is 0 Å². The van der Waals surface area contributed by atoms with Gasteiger partial charge in [0.1, 0.15) is 5.75 Å². The van der Waals surface area contributed by atoms with Crippen molar-refractivity contribution in [2.24, 2.45) is 0 Å². The second-order valence-electron chi connectivity index (χ2n) is 6.80. The van der Waals surface area contributed by atoms with E-state index in [0.29, 0.717) is 0 Å². The molecule has 1 unspecified atom stereocenters. The molecule has 0 saturated carbocycles. The molecule has 4 nitrogen and oxygen atoms in total. The van der Waals surface area contributed by atoms with E-state index in [4.69, 9.17) is 17.0 Å². The maximum absolute atomic E-state index is 5.81. The monoisotopic (exact) mass is 377 g/mol. The summed E-state index contributed by atoms with van der Waals surface area (Å²) in [6.07, 6.45) is 2.15. The third-order valence-electron chi connectivity index (χ3n) is 5.01. The van der Waals surface area contributed by atoms with Crippen LogP contribution in [0.2, 0.25) is 0 Å². The van der Waals surface area contributed by atoms with Crippen LogP contribution in [0.3, 0.4) is 0 Å². The zero-order valence-electron chi connectivity index (χ0n) is 15.6. The van der Waals surface area contributed by atoms with E-state index < -0.39 is 0 Å². The van der Waals surface area contributed by atoms with Crippen LogP contribution in [0.1, 0.15) is 22.9 Å². The van der Waals surface area contributed by atoms with Gasteiger partial charge >= 0.3 is 0 Å².